The number of nitrogens with one attached hydrogen (secondary N) is 2. The Hall–Kier alpha value is -3.16. The SMILES string of the molecule is CN1C(=O)C[C@@](C)(c2cccc(NC(=O)c3cn[nH]c3)c2)N=C1N. The minimum Gasteiger partial charge on any atom is -0.369 e. The van der Waals surface area contributed by atoms with Crippen molar-refractivity contribution in [1.82, 2.24) is 15.1 Å². The van der Waals surface area contributed by atoms with Gasteiger partial charge in [0.05, 0.1) is 23.7 Å². The molecule has 0 aliphatic carbocycles. The van der Waals surface area contributed by atoms with Gasteiger partial charge in [0.2, 0.25) is 5.91 Å². The van der Waals surface area contributed by atoms with Gasteiger partial charge in [-0.3, -0.25) is 19.6 Å². The van der Waals surface area contributed by atoms with Crippen LogP contribution in [0.15, 0.2) is 41.7 Å². The third kappa shape index (κ3) is 2.85. The molecular weight excluding hydrogens is 308 g/mol. The van der Waals surface area contributed by atoms with Gasteiger partial charge in [0, 0.05) is 18.9 Å². The van der Waals surface area contributed by atoms with E-state index in [1.54, 1.807) is 25.2 Å². The first-order valence-electron chi connectivity index (χ1n) is 7.41. The average molecular weight is 326 g/mol. The van der Waals surface area contributed by atoms with Crippen molar-refractivity contribution >= 4 is 23.5 Å². The van der Waals surface area contributed by atoms with Crippen LogP contribution in [0.25, 0.3) is 0 Å². The van der Waals surface area contributed by atoms with Gasteiger partial charge >= 0.3 is 0 Å². The molecule has 1 aromatic carbocycles. The summed E-state index contributed by atoms with van der Waals surface area (Å²) in [4.78, 5) is 30.0. The highest BCUT2D eigenvalue weighted by Gasteiger charge is 2.36. The number of anilines is 1. The molecule has 8 heteroatoms. The predicted octanol–water partition coefficient (Wildman–Crippen LogP) is 1.05. The molecule has 0 unspecified atom stereocenters. The summed E-state index contributed by atoms with van der Waals surface area (Å²) in [6.07, 6.45) is 3.17. The maximum absolute atomic E-state index is 12.1. The second-order valence-electron chi connectivity index (χ2n) is 5.90. The Labute approximate surface area is 138 Å². The van der Waals surface area contributed by atoms with Gasteiger partial charge in [-0.15, -0.1) is 0 Å². The smallest absolute Gasteiger partial charge is 0.258 e. The average Bonchev–Trinajstić information content (AvgIpc) is 3.07. The van der Waals surface area contributed by atoms with Crippen molar-refractivity contribution in [1.29, 1.82) is 0 Å². The lowest BCUT2D eigenvalue weighted by atomic mass is 9.87. The number of carbonyl (C=O) groups excluding carboxylic acids is 2. The molecule has 1 aliphatic heterocycles. The topological polar surface area (TPSA) is 116 Å². The van der Waals surface area contributed by atoms with Crippen molar-refractivity contribution < 1.29 is 9.59 Å². The number of amides is 2. The van der Waals surface area contributed by atoms with E-state index in [0.717, 1.165) is 5.56 Å². The minimum atomic E-state index is -0.760. The molecule has 8 nitrogen and oxygen atoms in total. The number of hydrogen-bond acceptors (Lipinski definition) is 5. The first-order chi connectivity index (χ1) is 11.4. The molecule has 0 radical (unpaired) electrons. The fraction of sp³-hybridized carbons (Fsp3) is 0.250. The third-order valence-corrected chi connectivity index (χ3v) is 4.08. The summed E-state index contributed by atoms with van der Waals surface area (Å²) in [7, 11) is 1.60. The van der Waals surface area contributed by atoms with E-state index >= 15 is 0 Å². The van der Waals surface area contributed by atoms with Crippen molar-refractivity contribution in [3.05, 3.63) is 47.8 Å². The van der Waals surface area contributed by atoms with Crippen molar-refractivity contribution in [2.75, 3.05) is 12.4 Å². The number of carbonyl (C=O) groups is 2. The number of rotatable bonds is 3. The van der Waals surface area contributed by atoms with E-state index in [4.69, 9.17) is 5.73 Å². The predicted molar refractivity (Wildman–Crippen MR) is 89.3 cm³/mol. The van der Waals surface area contributed by atoms with Crippen molar-refractivity contribution in [2.45, 2.75) is 18.9 Å². The van der Waals surface area contributed by atoms with Gasteiger partial charge in [-0.1, -0.05) is 12.1 Å². The zero-order valence-electron chi connectivity index (χ0n) is 13.4. The van der Waals surface area contributed by atoms with Crippen LogP contribution < -0.4 is 11.1 Å². The van der Waals surface area contributed by atoms with E-state index in [-0.39, 0.29) is 24.2 Å². The van der Waals surface area contributed by atoms with Gasteiger partial charge in [-0.25, -0.2) is 4.99 Å². The van der Waals surface area contributed by atoms with Crippen LogP contribution in [0.2, 0.25) is 0 Å². The maximum atomic E-state index is 12.1. The monoisotopic (exact) mass is 326 g/mol. The molecule has 1 aromatic heterocycles. The van der Waals surface area contributed by atoms with Gasteiger partial charge in [0.1, 0.15) is 0 Å². The quantitative estimate of drug-likeness (QED) is 0.781. The van der Waals surface area contributed by atoms with Crippen LogP contribution in [0.4, 0.5) is 5.69 Å². The zero-order chi connectivity index (χ0) is 17.3. The summed E-state index contributed by atoms with van der Waals surface area (Å²) in [6, 6.07) is 7.24. The molecule has 0 spiro atoms. The molecule has 2 aromatic rings. The summed E-state index contributed by atoms with van der Waals surface area (Å²) in [6.45, 7) is 1.85. The summed E-state index contributed by atoms with van der Waals surface area (Å²) in [5.74, 6) is -0.187. The Balaban J connectivity index is 1.88. The van der Waals surface area contributed by atoms with Gasteiger partial charge in [-0.05, 0) is 24.6 Å². The Kier molecular flexibility index (Phi) is 3.80. The standard InChI is InChI=1S/C16H18N6O2/c1-16(7-13(23)22(2)15(17)21-16)11-4-3-5-12(6-11)20-14(24)10-8-18-19-9-10/h3-6,8-9H,7H2,1-2H3,(H2,17,21)(H,18,19)(H,20,24)/t16-/m0/s1. The lowest BCUT2D eigenvalue weighted by Gasteiger charge is -2.33. The summed E-state index contributed by atoms with van der Waals surface area (Å²) >= 11 is 0. The van der Waals surface area contributed by atoms with Gasteiger partial charge in [0.15, 0.2) is 5.96 Å². The van der Waals surface area contributed by atoms with Gasteiger partial charge in [-0.2, -0.15) is 5.10 Å². The zero-order valence-corrected chi connectivity index (χ0v) is 13.4. The molecule has 124 valence electrons. The van der Waals surface area contributed by atoms with Crippen LogP contribution in [-0.2, 0) is 10.3 Å². The molecule has 1 aliphatic rings. The van der Waals surface area contributed by atoms with E-state index < -0.39 is 5.54 Å². The van der Waals surface area contributed by atoms with Gasteiger partial charge in [0.25, 0.3) is 5.91 Å². The summed E-state index contributed by atoms with van der Waals surface area (Å²) < 4.78 is 0. The lowest BCUT2D eigenvalue weighted by Crippen LogP contribution is -2.47. The lowest BCUT2D eigenvalue weighted by molar-refractivity contribution is -0.128. The van der Waals surface area contributed by atoms with E-state index in [1.807, 2.05) is 13.0 Å². The molecule has 0 fully saturated rings. The number of benzene rings is 1. The first-order valence-corrected chi connectivity index (χ1v) is 7.41. The van der Waals surface area contributed by atoms with E-state index in [1.165, 1.54) is 17.3 Å². The van der Waals surface area contributed by atoms with E-state index in [0.29, 0.717) is 11.3 Å². The van der Waals surface area contributed by atoms with Gasteiger partial charge < -0.3 is 11.1 Å². The highest BCUT2D eigenvalue weighted by Crippen LogP contribution is 2.34. The first kappa shape index (κ1) is 15.7. The Morgan fingerprint density at radius 1 is 1.46 bits per heavy atom. The number of aromatic amines is 1. The molecule has 2 heterocycles. The molecule has 4 N–H and O–H groups in total. The largest absolute Gasteiger partial charge is 0.369 e. The number of hydrogen-bond donors (Lipinski definition) is 3. The van der Waals surface area contributed by atoms with Crippen LogP contribution in [0.5, 0.6) is 0 Å². The van der Waals surface area contributed by atoms with Crippen LogP contribution in [-0.4, -0.2) is 39.9 Å². The van der Waals surface area contributed by atoms with Crippen LogP contribution in [0.1, 0.15) is 29.3 Å². The molecule has 0 saturated carbocycles. The van der Waals surface area contributed by atoms with Crippen LogP contribution in [0, 0.1) is 0 Å². The third-order valence-electron chi connectivity index (χ3n) is 4.08. The maximum Gasteiger partial charge on any atom is 0.258 e. The number of aliphatic imine (C=N–C) groups is 1. The highest BCUT2D eigenvalue weighted by atomic mass is 16.2. The molecule has 3 rings (SSSR count). The molecular formula is C16H18N6O2. The molecule has 2 amide bonds. The molecule has 1 atom stereocenters. The number of nitrogens with two attached hydrogens (primary N) is 1. The summed E-state index contributed by atoms with van der Waals surface area (Å²) in [5.41, 5.74) is 6.93. The minimum absolute atomic E-state index is 0.0992. The molecule has 24 heavy (non-hydrogen) atoms. The Morgan fingerprint density at radius 3 is 2.92 bits per heavy atom. The fourth-order valence-electron chi connectivity index (χ4n) is 2.59. The number of guanidine groups is 1. The second kappa shape index (κ2) is 5.80. The Bertz CT molecular complexity index is 814. The van der Waals surface area contributed by atoms with E-state index in [9.17, 15) is 9.59 Å². The number of nitrogens with zero attached hydrogens (tertiary/aromatic N) is 3. The molecule has 0 bridgehead atoms. The fourth-order valence-corrected chi connectivity index (χ4v) is 2.59. The van der Waals surface area contributed by atoms with Crippen LogP contribution in [0.3, 0.4) is 0 Å². The van der Waals surface area contributed by atoms with Crippen molar-refractivity contribution in [3.63, 3.8) is 0 Å². The number of H-pyrrole nitrogens is 1. The van der Waals surface area contributed by atoms with E-state index in [2.05, 4.69) is 20.5 Å². The normalized spacial score (nSPS) is 20.7. The highest BCUT2D eigenvalue weighted by molar-refractivity contribution is 6.04. The van der Waals surface area contributed by atoms with Crippen molar-refractivity contribution in [2.24, 2.45) is 10.7 Å². The van der Waals surface area contributed by atoms with Crippen LogP contribution >= 0.6 is 0 Å². The second-order valence-corrected chi connectivity index (χ2v) is 5.90. The number of aromatic nitrogens is 2. The van der Waals surface area contributed by atoms with Crippen molar-refractivity contribution in [3.8, 4) is 0 Å². The summed E-state index contributed by atoms with van der Waals surface area (Å²) in [5, 5.41) is 9.14. The Morgan fingerprint density at radius 2 is 2.25 bits per heavy atom. The molecule has 0 saturated heterocycles.